The van der Waals surface area contributed by atoms with Gasteiger partial charge in [-0.3, -0.25) is 9.59 Å². The number of ketones is 2. The minimum Gasteiger partial charge on any atom is -0.467 e. The summed E-state index contributed by atoms with van der Waals surface area (Å²) in [5, 5.41) is 0. The van der Waals surface area contributed by atoms with Crippen molar-refractivity contribution in [3.05, 3.63) is 107 Å². The van der Waals surface area contributed by atoms with Crippen LogP contribution in [0.5, 0.6) is 0 Å². The van der Waals surface area contributed by atoms with Gasteiger partial charge in [0, 0.05) is 22.7 Å². The SMILES string of the molecule is COC(=O)[C@@H]1[C@H](c2ccc(C)cc2)C2(C(=O)c3ccccc3C2=O)[C@@H]2C=Cc3ccccc3N12. The van der Waals surface area contributed by atoms with Crippen molar-refractivity contribution in [3.8, 4) is 0 Å². The molecule has 0 amide bonds. The van der Waals surface area contributed by atoms with Crippen molar-refractivity contribution in [1.82, 2.24) is 0 Å². The first-order chi connectivity index (χ1) is 16.5. The van der Waals surface area contributed by atoms with Gasteiger partial charge in [-0.05, 0) is 24.1 Å². The first kappa shape index (κ1) is 20.6. The number of fused-ring (bicyclic) bond motifs is 5. The number of benzene rings is 3. The summed E-state index contributed by atoms with van der Waals surface area (Å²) < 4.78 is 5.30. The highest BCUT2D eigenvalue weighted by Gasteiger charge is 2.71. The maximum Gasteiger partial charge on any atom is 0.329 e. The van der Waals surface area contributed by atoms with E-state index in [4.69, 9.17) is 4.74 Å². The molecule has 5 nitrogen and oxygen atoms in total. The Morgan fingerprint density at radius 1 is 0.882 bits per heavy atom. The van der Waals surface area contributed by atoms with Crippen LogP contribution >= 0.6 is 0 Å². The molecule has 2 heterocycles. The van der Waals surface area contributed by atoms with Crippen molar-refractivity contribution < 1.29 is 19.1 Å². The molecular weight excluding hydrogens is 426 g/mol. The molecule has 0 radical (unpaired) electrons. The molecule has 34 heavy (non-hydrogen) atoms. The number of hydrogen-bond donors (Lipinski definition) is 0. The number of rotatable bonds is 2. The van der Waals surface area contributed by atoms with Crippen molar-refractivity contribution in [2.45, 2.75) is 24.9 Å². The van der Waals surface area contributed by atoms with Gasteiger partial charge in [-0.25, -0.2) is 4.79 Å². The zero-order valence-corrected chi connectivity index (χ0v) is 18.9. The zero-order chi connectivity index (χ0) is 23.6. The van der Waals surface area contributed by atoms with Gasteiger partial charge in [-0.2, -0.15) is 0 Å². The monoisotopic (exact) mass is 449 g/mol. The van der Waals surface area contributed by atoms with E-state index in [0.29, 0.717) is 11.1 Å². The minimum absolute atomic E-state index is 0.232. The maximum absolute atomic E-state index is 14.3. The zero-order valence-electron chi connectivity index (χ0n) is 18.9. The average Bonchev–Trinajstić information content (AvgIpc) is 3.31. The van der Waals surface area contributed by atoms with Gasteiger partial charge in [0.05, 0.1) is 13.2 Å². The molecule has 0 saturated carbocycles. The van der Waals surface area contributed by atoms with Crippen LogP contribution in [0.15, 0.2) is 78.9 Å². The summed E-state index contributed by atoms with van der Waals surface area (Å²) in [4.78, 5) is 43.9. The van der Waals surface area contributed by atoms with Crippen LogP contribution < -0.4 is 4.90 Å². The number of ether oxygens (including phenoxy) is 1. The minimum atomic E-state index is -1.47. The Balaban J connectivity index is 1.69. The fourth-order valence-electron chi connectivity index (χ4n) is 6.16. The molecule has 3 aliphatic rings. The lowest BCUT2D eigenvalue weighted by molar-refractivity contribution is -0.142. The van der Waals surface area contributed by atoms with E-state index in [1.165, 1.54) is 7.11 Å². The number of carbonyl (C=O) groups is 3. The summed E-state index contributed by atoms with van der Waals surface area (Å²) in [5.74, 6) is -1.64. The summed E-state index contributed by atoms with van der Waals surface area (Å²) in [7, 11) is 1.35. The lowest BCUT2D eigenvalue weighted by Gasteiger charge is -2.36. The molecule has 2 aliphatic heterocycles. The van der Waals surface area contributed by atoms with Gasteiger partial charge in [-0.15, -0.1) is 0 Å². The highest BCUT2D eigenvalue weighted by Crippen LogP contribution is 2.60. The smallest absolute Gasteiger partial charge is 0.329 e. The second-order valence-electron chi connectivity index (χ2n) is 9.20. The number of nitrogens with zero attached hydrogens (tertiary/aromatic N) is 1. The Morgan fingerprint density at radius 2 is 1.50 bits per heavy atom. The standard InChI is InChI=1S/C29H23NO4/c1-17-11-13-19(14-12-17)24-25(28(33)34-2)30-22-10-6-3-7-18(22)15-16-23(30)29(24)26(31)20-8-4-5-9-21(20)27(29)32/h3-16,23-25H,1-2H3/t23-,24-,25-/m0/s1. The second-order valence-corrected chi connectivity index (χ2v) is 9.20. The number of anilines is 1. The third kappa shape index (κ3) is 2.47. The quantitative estimate of drug-likeness (QED) is 0.423. The number of aryl methyl sites for hydroxylation is 1. The maximum atomic E-state index is 14.3. The molecule has 0 N–H and O–H groups in total. The fraction of sp³-hybridized carbons (Fsp3) is 0.207. The molecule has 0 aromatic heterocycles. The van der Waals surface area contributed by atoms with Crippen LogP contribution in [0.1, 0.15) is 43.3 Å². The molecular formula is C29H23NO4. The molecule has 3 atom stereocenters. The highest BCUT2D eigenvalue weighted by molar-refractivity contribution is 6.32. The van der Waals surface area contributed by atoms with Gasteiger partial charge >= 0.3 is 5.97 Å². The molecule has 168 valence electrons. The molecule has 1 fully saturated rings. The Kier molecular flexibility index (Phi) is 4.40. The van der Waals surface area contributed by atoms with Gasteiger partial charge in [0.15, 0.2) is 11.6 Å². The van der Waals surface area contributed by atoms with Crippen molar-refractivity contribution >= 4 is 29.3 Å². The number of hydrogen-bond acceptors (Lipinski definition) is 5. The van der Waals surface area contributed by atoms with Crippen LogP contribution in [0.3, 0.4) is 0 Å². The lowest BCUT2D eigenvalue weighted by atomic mass is 9.64. The van der Waals surface area contributed by atoms with Crippen LogP contribution in [0.25, 0.3) is 6.08 Å². The number of Topliss-reactive ketones (excluding diaryl/α,β-unsaturated/α-hetero) is 2. The number of para-hydroxylation sites is 1. The number of esters is 1. The Bertz CT molecular complexity index is 1350. The van der Waals surface area contributed by atoms with E-state index in [2.05, 4.69) is 0 Å². The van der Waals surface area contributed by atoms with Crippen molar-refractivity contribution in [2.24, 2.45) is 5.41 Å². The topological polar surface area (TPSA) is 63.7 Å². The normalized spacial score (nSPS) is 23.6. The first-order valence-electron chi connectivity index (χ1n) is 11.4. The largest absolute Gasteiger partial charge is 0.467 e. The summed E-state index contributed by atoms with van der Waals surface area (Å²) in [6, 6.07) is 21.0. The van der Waals surface area contributed by atoms with Gasteiger partial charge in [0.25, 0.3) is 0 Å². The molecule has 1 spiro atoms. The Labute approximate surface area is 197 Å². The van der Waals surface area contributed by atoms with Gasteiger partial charge in [0.1, 0.15) is 11.5 Å². The summed E-state index contributed by atoms with van der Waals surface area (Å²) in [5.41, 5.74) is 2.95. The molecule has 0 bridgehead atoms. The molecule has 3 aromatic carbocycles. The highest BCUT2D eigenvalue weighted by atomic mass is 16.5. The molecule has 5 heteroatoms. The van der Waals surface area contributed by atoms with E-state index in [1.54, 1.807) is 24.3 Å². The van der Waals surface area contributed by atoms with Crippen molar-refractivity contribution in [3.63, 3.8) is 0 Å². The van der Waals surface area contributed by atoms with Crippen molar-refractivity contribution in [2.75, 3.05) is 12.0 Å². The van der Waals surface area contributed by atoms with E-state index in [-0.39, 0.29) is 11.6 Å². The van der Waals surface area contributed by atoms with Gasteiger partial charge in [-0.1, -0.05) is 84.4 Å². The predicted molar refractivity (Wildman–Crippen MR) is 129 cm³/mol. The molecule has 1 saturated heterocycles. The summed E-state index contributed by atoms with van der Waals surface area (Å²) >= 11 is 0. The van der Waals surface area contributed by atoms with Crippen LogP contribution in [0.2, 0.25) is 0 Å². The lowest BCUT2D eigenvalue weighted by Crippen LogP contribution is -2.48. The number of carbonyl (C=O) groups excluding carboxylic acids is 3. The van der Waals surface area contributed by atoms with Crippen LogP contribution in [-0.4, -0.2) is 36.7 Å². The Hall–Kier alpha value is -3.99. The van der Waals surface area contributed by atoms with Crippen LogP contribution in [0, 0.1) is 12.3 Å². The first-order valence-corrected chi connectivity index (χ1v) is 11.4. The van der Waals surface area contributed by atoms with Gasteiger partial charge in [0.2, 0.25) is 0 Å². The van der Waals surface area contributed by atoms with Gasteiger partial charge < -0.3 is 9.64 Å². The molecule has 0 unspecified atom stereocenters. The van der Waals surface area contributed by atoms with E-state index in [9.17, 15) is 14.4 Å². The third-order valence-electron chi connectivity index (χ3n) is 7.59. The van der Waals surface area contributed by atoms with Crippen LogP contribution in [0.4, 0.5) is 5.69 Å². The van der Waals surface area contributed by atoms with E-state index in [1.807, 2.05) is 72.5 Å². The van der Waals surface area contributed by atoms with E-state index in [0.717, 1.165) is 22.4 Å². The summed E-state index contributed by atoms with van der Waals surface area (Å²) in [6.45, 7) is 1.98. The molecule has 6 rings (SSSR count). The fourth-order valence-corrected chi connectivity index (χ4v) is 6.16. The van der Waals surface area contributed by atoms with E-state index < -0.39 is 29.4 Å². The second kappa shape index (κ2) is 7.26. The average molecular weight is 450 g/mol. The third-order valence-corrected chi connectivity index (χ3v) is 7.59. The van der Waals surface area contributed by atoms with E-state index >= 15 is 0 Å². The number of methoxy groups -OCH3 is 1. The molecule has 1 aliphatic carbocycles. The van der Waals surface area contributed by atoms with Crippen LogP contribution in [-0.2, 0) is 9.53 Å². The molecule has 3 aromatic rings. The predicted octanol–water partition coefficient (Wildman–Crippen LogP) is 4.60. The Morgan fingerprint density at radius 3 is 2.15 bits per heavy atom. The summed E-state index contributed by atoms with van der Waals surface area (Å²) in [6.07, 6.45) is 3.86. The van der Waals surface area contributed by atoms with Crippen molar-refractivity contribution in [1.29, 1.82) is 0 Å².